The first kappa shape index (κ1) is 13.9. The second kappa shape index (κ2) is 5.72. The second-order valence-corrected chi connectivity index (χ2v) is 6.34. The van der Waals surface area contributed by atoms with Gasteiger partial charge in [-0.3, -0.25) is 4.90 Å². The Morgan fingerprint density at radius 1 is 1.25 bits per heavy atom. The fourth-order valence-electron chi connectivity index (χ4n) is 3.93. The SMILES string of the molecule is CCCN1CCC2CN(c3ccc(C)cc3F)CCC21. The van der Waals surface area contributed by atoms with E-state index in [2.05, 4.69) is 16.7 Å². The van der Waals surface area contributed by atoms with Crippen LogP contribution in [0.15, 0.2) is 18.2 Å². The Bertz CT molecular complexity index is 474. The van der Waals surface area contributed by atoms with E-state index in [9.17, 15) is 4.39 Å². The molecule has 2 unspecified atom stereocenters. The number of hydrogen-bond donors (Lipinski definition) is 0. The summed E-state index contributed by atoms with van der Waals surface area (Å²) in [5.74, 6) is 0.655. The van der Waals surface area contributed by atoms with Gasteiger partial charge in [0.15, 0.2) is 0 Å². The largest absolute Gasteiger partial charge is 0.369 e. The second-order valence-electron chi connectivity index (χ2n) is 6.34. The van der Waals surface area contributed by atoms with Gasteiger partial charge in [-0.15, -0.1) is 0 Å². The van der Waals surface area contributed by atoms with E-state index in [1.165, 1.54) is 32.4 Å². The smallest absolute Gasteiger partial charge is 0.146 e. The van der Waals surface area contributed by atoms with Gasteiger partial charge in [-0.1, -0.05) is 13.0 Å². The van der Waals surface area contributed by atoms with Gasteiger partial charge in [0.05, 0.1) is 5.69 Å². The van der Waals surface area contributed by atoms with Crippen molar-refractivity contribution in [3.8, 4) is 0 Å². The Labute approximate surface area is 121 Å². The maximum atomic E-state index is 14.1. The summed E-state index contributed by atoms with van der Waals surface area (Å²) < 4.78 is 14.1. The molecule has 2 aliphatic rings. The molecule has 2 saturated heterocycles. The van der Waals surface area contributed by atoms with Crippen LogP contribution in [-0.4, -0.2) is 37.1 Å². The van der Waals surface area contributed by atoms with Crippen LogP contribution in [0.4, 0.5) is 10.1 Å². The van der Waals surface area contributed by atoms with Crippen molar-refractivity contribution in [1.29, 1.82) is 0 Å². The monoisotopic (exact) mass is 276 g/mol. The third-order valence-electron chi connectivity index (χ3n) is 4.90. The topological polar surface area (TPSA) is 6.48 Å². The molecule has 3 rings (SSSR count). The first-order valence-corrected chi connectivity index (χ1v) is 7.94. The Hall–Kier alpha value is -1.09. The molecule has 0 bridgehead atoms. The summed E-state index contributed by atoms with van der Waals surface area (Å²) in [5, 5.41) is 0. The standard InChI is InChI=1S/C17H25FN2/c1-3-8-19-9-6-14-12-20(10-7-16(14)19)17-5-4-13(2)11-15(17)18/h4-5,11,14,16H,3,6-10,12H2,1-2H3. The molecular formula is C17H25FN2. The summed E-state index contributed by atoms with van der Waals surface area (Å²) in [6.45, 7) is 8.66. The van der Waals surface area contributed by atoms with E-state index < -0.39 is 0 Å². The molecule has 1 aromatic rings. The zero-order valence-corrected chi connectivity index (χ0v) is 12.6. The fourth-order valence-corrected chi connectivity index (χ4v) is 3.93. The number of halogens is 1. The van der Waals surface area contributed by atoms with E-state index in [0.717, 1.165) is 36.3 Å². The highest BCUT2D eigenvalue weighted by atomic mass is 19.1. The molecule has 3 heteroatoms. The average molecular weight is 276 g/mol. The van der Waals surface area contributed by atoms with Crippen LogP contribution in [0.25, 0.3) is 0 Å². The lowest BCUT2D eigenvalue weighted by molar-refractivity contribution is 0.201. The van der Waals surface area contributed by atoms with Crippen LogP contribution in [-0.2, 0) is 0 Å². The van der Waals surface area contributed by atoms with E-state index in [0.29, 0.717) is 0 Å². The zero-order chi connectivity index (χ0) is 14.1. The van der Waals surface area contributed by atoms with E-state index in [-0.39, 0.29) is 5.82 Å². The molecule has 2 atom stereocenters. The van der Waals surface area contributed by atoms with Gasteiger partial charge in [-0.25, -0.2) is 4.39 Å². The van der Waals surface area contributed by atoms with E-state index in [1.54, 1.807) is 6.07 Å². The number of fused-ring (bicyclic) bond motifs is 1. The van der Waals surface area contributed by atoms with Crippen LogP contribution in [0.2, 0.25) is 0 Å². The molecule has 0 amide bonds. The highest BCUT2D eigenvalue weighted by Crippen LogP contribution is 2.34. The molecule has 0 aromatic heterocycles. The lowest BCUT2D eigenvalue weighted by Crippen LogP contribution is -2.46. The predicted molar refractivity (Wildman–Crippen MR) is 81.7 cm³/mol. The van der Waals surface area contributed by atoms with Crippen molar-refractivity contribution in [2.75, 3.05) is 31.1 Å². The summed E-state index contributed by atoms with van der Waals surface area (Å²) in [5.41, 5.74) is 1.79. The molecule has 1 aromatic carbocycles. The molecular weight excluding hydrogens is 251 g/mol. The average Bonchev–Trinajstić information content (AvgIpc) is 2.82. The minimum atomic E-state index is -0.0631. The third-order valence-corrected chi connectivity index (χ3v) is 4.90. The van der Waals surface area contributed by atoms with Crippen LogP contribution < -0.4 is 4.90 Å². The van der Waals surface area contributed by atoms with Crippen LogP contribution in [0, 0.1) is 18.7 Å². The molecule has 2 nitrogen and oxygen atoms in total. The van der Waals surface area contributed by atoms with Crippen molar-refractivity contribution < 1.29 is 4.39 Å². The van der Waals surface area contributed by atoms with Crippen molar-refractivity contribution >= 4 is 5.69 Å². The van der Waals surface area contributed by atoms with Gasteiger partial charge in [-0.2, -0.15) is 0 Å². The number of aryl methyl sites for hydroxylation is 1. The lowest BCUT2D eigenvalue weighted by atomic mass is 9.92. The van der Waals surface area contributed by atoms with Crippen molar-refractivity contribution in [3.63, 3.8) is 0 Å². The number of likely N-dealkylation sites (tertiary alicyclic amines) is 1. The molecule has 0 radical (unpaired) electrons. The molecule has 0 saturated carbocycles. The number of benzene rings is 1. The summed E-state index contributed by atoms with van der Waals surface area (Å²) in [6, 6.07) is 6.35. The minimum Gasteiger partial charge on any atom is -0.369 e. The fraction of sp³-hybridized carbons (Fsp3) is 0.647. The van der Waals surface area contributed by atoms with Crippen molar-refractivity contribution in [2.24, 2.45) is 5.92 Å². The summed E-state index contributed by atoms with van der Waals surface area (Å²) in [4.78, 5) is 4.90. The summed E-state index contributed by atoms with van der Waals surface area (Å²) in [7, 11) is 0. The van der Waals surface area contributed by atoms with E-state index in [1.807, 2.05) is 19.1 Å². The van der Waals surface area contributed by atoms with Gasteiger partial charge in [0.2, 0.25) is 0 Å². The normalized spacial score (nSPS) is 26.9. The van der Waals surface area contributed by atoms with Gasteiger partial charge < -0.3 is 4.90 Å². The molecule has 2 fully saturated rings. The molecule has 20 heavy (non-hydrogen) atoms. The van der Waals surface area contributed by atoms with Gasteiger partial charge in [0.25, 0.3) is 0 Å². The lowest BCUT2D eigenvalue weighted by Gasteiger charge is -2.39. The van der Waals surface area contributed by atoms with Gasteiger partial charge in [0.1, 0.15) is 5.82 Å². The molecule has 110 valence electrons. The van der Waals surface area contributed by atoms with E-state index in [4.69, 9.17) is 0 Å². The van der Waals surface area contributed by atoms with Crippen LogP contribution in [0.3, 0.4) is 0 Å². The van der Waals surface area contributed by atoms with Gasteiger partial charge in [0, 0.05) is 19.1 Å². The van der Waals surface area contributed by atoms with Crippen molar-refractivity contribution in [1.82, 2.24) is 4.90 Å². The summed E-state index contributed by atoms with van der Waals surface area (Å²) in [6.07, 6.45) is 3.69. The van der Waals surface area contributed by atoms with Crippen LogP contribution >= 0.6 is 0 Å². The minimum absolute atomic E-state index is 0.0631. The van der Waals surface area contributed by atoms with Crippen LogP contribution in [0.1, 0.15) is 31.7 Å². The van der Waals surface area contributed by atoms with Crippen LogP contribution in [0.5, 0.6) is 0 Å². The first-order valence-electron chi connectivity index (χ1n) is 7.94. The molecule has 2 heterocycles. The number of nitrogens with zero attached hydrogens (tertiary/aromatic N) is 2. The van der Waals surface area contributed by atoms with Gasteiger partial charge >= 0.3 is 0 Å². The quantitative estimate of drug-likeness (QED) is 0.834. The van der Waals surface area contributed by atoms with Crippen molar-refractivity contribution in [2.45, 2.75) is 39.2 Å². The molecule has 0 N–H and O–H groups in total. The number of anilines is 1. The van der Waals surface area contributed by atoms with Crippen molar-refractivity contribution in [3.05, 3.63) is 29.6 Å². The molecule has 0 aliphatic carbocycles. The Morgan fingerprint density at radius 2 is 2.10 bits per heavy atom. The first-order chi connectivity index (χ1) is 9.69. The third kappa shape index (κ3) is 2.56. The molecule has 2 aliphatic heterocycles. The highest BCUT2D eigenvalue weighted by molar-refractivity contribution is 5.49. The summed E-state index contributed by atoms with van der Waals surface area (Å²) >= 11 is 0. The maximum absolute atomic E-state index is 14.1. The Balaban J connectivity index is 1.71. The number of hydrogen-bond acceptors (Lipinski definition) is 2. The number of rotatable bonds is 3. The number of piperidine rings is 1. The molecule has 0 spiro atoms. The van der Waals surface area contributed by atoms with E-state index >= 15 is 0 Å². The highest BCUT2D eigenvalue weighted by Gasteiger charge is 2.38. The Kier molecular flexibility index (Phi) is 3.97. The van der Waals surface area contributed by atoms with Gasteiger partial charge in [-0.05, 0) is 62.9 Å². The zero-order valence-electron chi connectivity index (χ0n) is 12.6. The predicted octanol–water partition coefficient (Wildman–Crippen LogP) is 3.44. The maximum Gasteiger partial charge on any atom is 0.146 e. The Morgan fingerprint density at radius 3 is 2.85 bits per heavy atom.